The highest BCUT2D eigenvalue weighted by Gasteiger charge is 2.42. The molecule has 144 valence electrons. The Balaban J connectivity index is 1.64. The fraction of sp³-hybridized carbons (Fsp3) is 0.632. The summed E-state index contributed by atoms with van der Waals surface area (Å²) in [6.07, 6.45) is 2.04. The summed E-state index contributed by atoms with van der Waals surface area (Å²) in [5, 5.41) is 2.70. The highest BCUT2D eigenvalue weighted by Crippen LogP contribution is 2.31. The molecular formula is C19H28F2N4O. The molecule has 5 nitrogen and oxygen atoms in total. The first-order valence-corrected chi connectivity index (χ1v) is 9.18. The van der Waals surface area contributed by atoms with Gasteiger partial charge in [0, 0.05) is 30.7 Å². The van der Waals surface area contributed by atoms with Crippen molar-refractivity contribution in [2.75, 3.05) is 46.8 Å². The number of aryl methyl sites for hydroxylation is 1. The number of amides is 2. The second-order valence-electron chi connectivity index (χ2n) is 7.69. The van der Waals surface area contributed by atoms with Gasteiger partial charge in [-0.25, -0.2) is 13.6 Å². The van der Waals surface area contributed by atoms with Gasteiger partial charge < -0.3 is 15.1 Å². The summed E-state index contributed by atoms with van der Waals surface area (Å²) in [5.41, 5.74) is 0.295. The van der Waals surface area contributed by atoms with Crippen LogP contribution >= 0.6 is 0 Å². The fourth-order valence-corrected chi connectivity index (χ4v) is 3.96. The highest BCUT2D eigenvalue weighted by molar-refractivity contribution is 5.74. The molecule has 2 fully saturated rings. The first-order chi connectivity index (χ1) is 12.3. The number of urea groups is 1. The average Bonchev–Trinajstić information content (AvgIpc) is 2.63. The lowest BCUT2D eigenvalue weighted by Gasteiger charge is -2.52. The third-order valence-electron chi connectivity index (χ3n) is 6.00. The molecule has 0 bridgehead atoms. The molecule has 1 spiro atoms. The molecule has 0 unspecified atom stereocenters. The molecule has 7 heteroatoms. The van der Waals surface area contributed by atoms with E-state index in [1.54, 1.807) is 11.8 Å². The molecular weight excluding hydrogens is 338 g/mol. The van der Waals surface area contributed by atoms with Crippen molar-refractivity contribution in [1.82, 2.24) is 20.0 Å². The zero-order valence-electron chi connectivity index (χ0n) is 15.8. The normalized spacial score (nSPS) is 21.2. The number of rotatable bonds is 2. The summed E-state index contributed by atoms with van der Waals surface area (Å²) >= 11 is 0. The average molecular weight is 366 g/mol. The maximum absolute atomic E-state index is 14.1. The highest BCUT2D eigenvalue weighted by atomic mass is 19.1. The number of piperidine rings is 1. The van der Waals surface area contributed by atoms with E-state index >= 15 is 0 Å². The van der Waals surface area contributed by atoms with Gasteiger partial charge in [0.15, 0.2) is 0 Å². The standard InChI is InChI=1S/C19H28F2N4O/c1-14-4-5-16(20)15(17(14)21)12-22-18(26)25-11-10-24(3)19(13-25)6-8-23(2)9-7-19/h4-5H,6-13H2,1-3H3,(H,22,26). The zero-order chi connectivity index (χ0) is 18.9. The molecule has 0 saturated carbocycles. The Morgan fingerprint density at radius 2 is 1.85 bits per heavy atom. The molecule has 0 atom stereocenters. The summed E-state index contributed by atoms with van der Waals surface area (Å²) in [7, 11) is 4.24. The number of nitrogens with one attached hydrogen (secondary N) is 1. The summed E-state index contributed by atoms with van der Waals surface area (Å²) in [6, 6.07) is 2.39. The lowest BCUT2D eigenvalue weighted by Crippen LogP contribution is -2.65. The van der Waals surface area contributed by atoms with Gasteiger partial charge in [0.05, 0.1) is 6.54 Å². The van der Waals surface area contributed by atoms with Crippen LogP contribution in [0.25, 0.3) is 0 Å². The van der Waals surface area contributed by atoms with Crippen molar-refractivity contribution in [2.45, 2.75) is 31.8 Å². The Labute approximate surface area is 153 Å². The van der Waals surface area contributed by atoms with E-state index < -0.39 is 11.6 Å². The van der Waals surface area contributed by atoms with Gasteiger partial charge in [-0.15, -0.1) is 0 Å². The monoisotopic (exact) mass is 366 g/mol. The van der Waals surface area contributed by atoms with Gasteiger partial charge in [-0.2, -0.15) is 0 Å². The molecule has 2 amide bonds. The maximum atomic E-state index is 14.1. The number of hydrogen-bond donors (Lipinski definition) is 1. The summed E-state index contributed by atoms with van der Waals surface area (Å²) in [6.45, 7) is 5.56. The van der Waals surface area contributed by atoms with Crippen LogP contribution in [0.1, 0.15) is 24.0 Å². The van der Waals surface area contributed by atoms with E-state index in [9.17, 15) is 13.6 Å². The number of likely N-dealkylation sites (N-methyl/N-ethyl adjacent to an activating group) is 1. The molecule has 1 aromatic carbocycles. The van der Waals surface area contributed by atoms with Gasteiger partial charge in [-0.05, 0) is 58.6 Å². The van der Waals surface area contributed by atoms with Gasteiger partial charge >= 0.3 is 6.03 Å². The largest absolute Gasteiger partial charge is 0.334 e. The van der Waals surface area contributed by atoms with E-state index in [0.717, 1.165) is 32.5 Å². The van der Waals surface area contributed by atoms with Crippen LogP contribution in [-0.4, -0.2) is 73.1 Å². The number of carbonyl (C=O) groups is 1. The fourth-order valence-electron chi connectivity index (χ4n) is 3.96. The molecule has 2 heterocycles. The second-order valence-corrected chi connectivity index (χ2v) is 7.69. The number of hydrogen-bond acceptors (Lipinski definition) is 3. The van der Waals surface area contributed by atoms with Crippen LogP contribution in [0.5, 0.6) is 0 Å². The first kappa shape index (κ1) is 19.0. The third kappa shape index (κ3) is 3.69. The molecule has 3 rings (SSSR count). The van der Waals surface area contributed by atoms with Gasteiger partial charge in [0.1, 0.15) is 11.6 Å². The number of likely N-dealkylation sites (tertiary alicyclic amines) is 1. The minimum atomic E-state index is -0.626. The number of halogens is 2. The van der Waals surface area contributed by atoms with Gasteiger partial charge in [0.2, 0.25) is 0 Å². The second kappa shape index (κ2) is 7.48. The lowest BCUT2D eigenvalue weighted by atomic mass is 9.84. The Bertz CT molecular complexity index is 674. The summed E-state index contributed by atoms with van der Waals surface area (Å²) in [5.74, 6) is -1.21. The minimum Gasteiger partial charge on any atom is -0.334 e. The van der Waals surface area contributed by atoms with Crippen LogP contribution in [0.2, 0.25) is 0 Å². The molecule has 2 aliphatic rings. The smallest absolute Gasteiger partial charge is 0.317 e. The van der Waals surface area contributed by atoms with Crippen LogP contribution < -0.4 is 5.32 Å². The molecule has 0 aromatic heterocycles. The van der Waals surface area contributed by atoms with Gasteiger partial charge in [-0.3, -0.25) is 4.90 Å². The van der Waals surface area contributed by atoms with Crippen molar-refractivity contribution >= 4 is 6.03 Å². The maximum Gasteiger partial charge on any atom is 0.317 e. The first-order valence-electron chi connectivity index (χ1n) is 9.18. The van der Waals surface area contributed by atoms with Crippen LogP contribution in [0.3, 0.4) is 0 Å². The topological polar surface area (TPSA) is 38.8 Å². The molecule has 2 aliphatic heterocycles. The van der Waals surface area contributed by atoms with Gasteiger partial charge in [0.25, 0.3) is 0 Å². The van der Waals surface area contributed by atoms with Crippen LogP contribution in [0.4, 0.5) is 13.6 Å². The van der Waals surface area contributed by atoms with Crippen LogP contribution in [0, 0.1) is 18.6 Å². The molecule has 0 aliphatic carbocycles. The molecule has 0 radical (unpaired) electrons. The Kier molecular flexibility index (Phi) is 5.48. The van der Waals surface area contributed by atoms with Crippen molar-refractivity contribution < 1.29 is 13.6 Å². The van der Waals surface area contributed by atoms with E-state index in [0.29, 0.717) is 18.7 Å². The lowest BCUT2D eigenvalue weighted by molar-refractivity contribution is -0.00967. The Morgan fingerprint density at radius 3 is 2.54 bits per heavy atom. The van der Waals surface area contributed by atoms with E-state index in [-0.39, 0.29) is 23.7 Å². The van der Waals surface area contributed by atoms with Crippen molar-refractivity contribution in [3.63, 3.8) is 0 Å². The molecule has 26 heavy (non-hydrogen) atoms. The summed E-state index contributed by atoms with van der Waals surface area (Å²) in [4.78, 5) is 19.1. The number of nitrogens with zero attached hydrogens (tertiary/aromatic N) is 3. The predicted molar refractivity (Wildman–Crippen MR) is 97.0 cm³/mol. The Hall–Kier alpha value is -1.73. The van der Waals surface area contributed by atoms with E-state index in [2.05, 4.69) is 29.2 Å². The molecule has 1 aromatic rings. The molecule has 2 saturated heterocycles. The number of piperazine rings is 1. The number of benzene rings is 1. The van der Waals surface area contributed by atoms with Crippen LogP contribution in [-0.2, 0) is 6.54 Å². The van der Waals surface area contributed by atoms with E-state index in [4.69, 9.17) is 0 Å². The zero-order valence-corrected chi connectivity index (χ0v) is 15.8. The van der Waals surface area contributed by atoms with Crippen molar-refractivity contribution in [3.05, 3.63) is 34.9 Å². The number of carbonyl (C=O) groups excluding carboxylic acids is 1. The summed E-state index contributed by atoms with van der Waals surface area (Å²) < 4.78 is 28.0. The van der Waals surface area contributed by atoms with E-state index in [1.165, 1.54) is 12.1 Å². The van der Waals surface area contributed by atoms with Crippen molar-refractivity contribution in [2.24, 2.45) is 0 Å². The predicted octanol–water partition coefficient (Wildman–Crippen LogP) is 2.19. The van der Waals surface area contributed by atoms with Crippen molar-refractivity contribution in [1.29, 1.82) is 0 Å². The SMILES string of the molecule is Cc1ccc(F)c(CNC(=O)N2CCN(C)C3(CCN(C)CC3)C2)c1F. The van der Waals surface area contributed by atoms with Crippen molar-refractivity contribution in [3.8, 4) is 0 Å². The third-order valence-corrected chi connectivity index (χ3v) is 6.00. The van der Waals surface area contributed by atoms with Gasteiger partial charge in [-0.1, -0.05) is 6.07 Å². The molecule has 1 N–H and O–H groups in total. The van der Waals surface area contributed by atoms with E-state index in [1.807, 2.05) is 0 Å². The Morgan fingerprint density at radius 1 is 1.15 bits per heavy atom. The minimum absolute atomic E-state index is 0.00192. The van der Waals surface area contributed by atoms with Crippen LogP contribution in [0.15, 0.2) is 12.1 Å². The quantitative estimate of drug-likeness (QED) is 0.872.